The Morgan fingerprint density at radius 3 is 2.80 bits per heavy atom. The van der Waals surface area contributed by atoms with Crippen molar-refractivity contribution in [2.75, 3.05) is 31.6 Å². The van der Waals surface area contributed by atoms with Gasteiger partial charge in [0.1, 0.15) is 0 Å². The predicted octanol–water partition coefficient (Wildman–Crippen LogP) is 3.35. The van der Waals surface area contributed by atoms with Crippen molar-refractivity contribution in [1.82, 2.24) is 15.1 Å². The molecule has 30 heavy (non-hydrogen) atoms. The Bertz CT molecular complexity index is 860. The number of hydrogen-bond donors (Lipinski definition) is 1. The first-order valence-corrected chi connectivity index (χ1v) is 10.9. The van der Waals surface area contributed by atoms with E-state index in [0.29, 0.717) is 18.5 Å². The van der Waals surface area contributed by atoms with Gasteiger partial charge < -0.3 is 14.5 Å². The summed E-state index contributed by atoms with van der Waals surface area (Å²) in [6, 6.07) is 9.57. The monoisotopic (exact) mass is 410 g/mol. The highest BCUT2D eigenvalue weighted by atomic mass is 16.5. The van der Waals surface area contributed by atoms with Crippen LogP contribution >= 0.6 is 0 Å². The first-order valence-electron chi connectivity index (χ1n) is 10.9. The number of anilines is 1. The van der Waals surface area contributed by atoms with Gasteiger partial charge in [-0.1, -0.05) is 18.2 Å². The summed E-state index contributed by atoms with van der Waals surface area (Å²) < 4.78 is 5.74. The first-order chi connectivity index (χ1) is 14.6. The van der Waals surface area contributed by atoms with E-state index in [-0.39, 0.29) is 23.8 Å². The maximum atomic E-state index is 13.1. The molecule has 4 rings (SSSR count). The number of carbonyl (C=O) groups is 2. The third kappa shape index (κ3) is 4.56. The average Bonchev–Trinajstić information content (AvgIpc) is 3.29. The standard InChI is InChI=1S/C23H30N4O3/c1-26(18-9-3-2-4-10-18)23(29)20-15-24-25-22(20)17-8-7-12-27(16-17)21(28)14-19-11-5-6-13-30-19/h2-4,9-10,15,17,19H,5-8,11-14,16H2,1H3,(H,24,25)/t17-,19-/m1/s1. The van der Waals surface area contributed by atoms with Crippen LogP contribution in [0.3, 0.4) is 0 Å². The van der Waals surface area contributed by atoms with Gasteiger partial charge in [-0.25, -0.2) is 0 Å². The number of aromatic amines is 1. The number of carbonyl (C=O) groups excluding carboxylic acids is 2. The molecule has 160 valence electrons. The van der Waals surface area contributed by atoms with Gasteiger partial charge in [0, 0.05) is 38.3 Å². The molecule has 0 spiro atoms. The van der Waals surface area contributed by atoms with Crippen LogP contribution in [0, 0.1) is 0 Å². The summed E-state index contributed by atoms with van der Waals surface area (Å²) in [7, 11) is 1.77. The molecule has 2 amide bonds. The summed E-state index contributed by atoms with van der Waals surface area (Å²) in [5.41, 5.74) is 2.24. The molecular formula is C23H30N4O3. The first kappa shape index (κ1) is 20.6. The molecule has 7 heteroatoms. The van der Waals surface area contributed by atoms with Crippen LogP contribution in [-0.2, 0) is 9.53 Å². The third-order valence-electron chi connectivity index (χ3n) is 6.21. The lowest BCUT2D eigenvalue weighted by atomic mass is 9.91. The SMILES string of the molecule is CN(C(=O)c1cn[nH]c1[C@@H]1CCCN(C(=O)C[C@H]2CCCCO2)C1)c1ccccc1. The molecule has 1 aromatic heterocycles. The van der Waals surface area contributed by atoms with Gasteiger partial charge in [-0.3, -0.25) is 14.7 Å². The number of likely N-dealkylation sites (tertiary alicyclic amines) is 1. The normalized spacial score (nSPS) is 22.0. The molecule has 1 N–H and O–H groups in total. The number of ether oxygens (including phenoxy) is 1. The fraction of sp³-hybridized carbons (Fsp3) is 0.522. The summed E-state index contributed by atoms with van der Waals surface area (Å²) in [6.45, 7) is 2.14. The Morgan fingerprint density at radius 2 is 2.03 bits per heavy atom. The van der Waals surface area contributed by atoms with Crippen molar-refractivity contribution in [3.8, 4) is 0 Å². The van der Waals surface area contributed by atoms with Crippen LogP contribution in [0.5, 0.6) is 0 Å². The Morgan fingerprint density at radius 1 is 1.20 bits per heavy atom. The molecule has 7 nitrogen and oxygen atoms in total. The van der Waals surface area contributed by atoms with Crippen molar-refractivity contribution < 1.29 is 14.3 Å². The molecule has 0 saturated carbocycles. The highest BCUT2D eigenvalue weighted by molar-refractivity contribution is 6.06. The van der Waals surface area contributed by atoms with Crippen LogP contribution < -0.4 is 4.90 Å². The molecule has 0 unspecified atom stereocenters. The second-order valence-corrected chi connectivity index (χ2v) is 8.27. The smallest absolute Gasteiger partial charge is 0.261 e. The van der Waals surface area contributed by atoms with Crippen LogP contribution in [0.4, 0.5) is 5.69 Å². The van der Waals surface area contributed by atoms with Gasteiger partial charge >= 0.3 is 0 Å². The summed E-state index contributed by atoms with van der Waals surface area (Å²) in [6.07, 6.45) is 7.15. The Hall–Kier alpha value is -2.67. The van der Waals surface area contributed by atoms with E-state index < -0.39 is 0 Å². The molecule has 2 aromatic rings. The third-order valence-corrected chi connectivity index (χ3v) is 6.21. The van der Waals surface area contributed by atoms with E-state index in [2.05, 4.69) is 10.2 Å². The maximum Gasteiger partial charge on any atom is 0.261 e. The van der Waals surface area contributed by atoms with Gasteiger partial charge in [-0.05, 0) is 44.2 Å². The Labute approximate surface area is 177 Å². The summed E-state index contributed by atoms with van der Waals surface area (Å²) in [5, 5.41) is 7.21. The van der Waals surface area contributed by atoms with E-state index in [9.17, 15) is 9.59 Å². The number of benzene rings is 1. The number of aromatic nitrogens is 2. The number of nitrogens with zero attached hydrogens (tertiary/aromatic N) is 3. The lowest BCUT2D eigenvalue weighted by molar-refractivity contribution is -0.136. The van der Waals surface area contributed by atoms with Crippen LogP contribution in [-0.4, -0.2) is 59.8 Å². The molecule has 0 bridgehead atoms. The summed E-state index contributed by atoms with van der Waals surface area (Å²) >= 11 is 0. The lowest BCUT2D eigenvalue weighted by Gasteiger charge is -2.34. The van der Waals surface area contributed by atoms with Gasteiger partial charge in [-0.15, -0.1) is 0 Å². The fourth-order valence-corrected chi connectivity index (χ4v) is 4.46. The summed E-state index contributed by atoms with van der Waals surface area (Å²) in [5.74, 6) is 0.144. The van der Waals surface area contributed by atoms with E-state index >= 15 is 0 Å². The van der Waals surface area contributed by atoms with Crippen molar-refractivity contribution in [2.24, 2.45) is 0 Å². The van der Waals surface area contributed by atoms with E-state index in [1.165, 1.54) is 0 Å². The number of para-hydroxylation sites is 1. The maximum absolute atomic E-state index is 13.1. The minimum absolute atomic E-state index is 0.0513. The number of hydrogen-bond acceptors (Lipinski definition) is 4. The predicted molar refractivity (Wildman–Crippen MR) is 115 cm³/mol. The van der Waals surface area contributed by atoms with Crippen LogP contribution in [0.15, 0.2) is 36.5 Å². The molecule has 2 saturated heterocycles. The minimum atomic E-state index is -0.0935. The second kappa shape index (κ2) is 9.43. The molecule has 3 heterocycles. The fourth-order valence-electron chi connectivity index (χ4n) is 4.46. The Kier molecular flexibility index (Phi) is 6.47. The summed E-state index contributed by atoms with van der Waals surface area (Å²) in [4.78, 5) is 29.5. The van der Waals surface area contributed by atoms with E-state index in [0.717, 1.165) is 56.6 Å². The molecule has 0 aliphatic carbocycles. The largest absolute Gasteiger partial charge is 0.378 e. The number of H-pyrrole nitrogens is 1. The zero-order chi connectivity index (χ0) is 20.9. The minimum Gasteiger partial charge on any atom is -0.378 e. The topological polar surface area (TPSA) is 78.5 Å². The van der Waals surface area contributed by atoms with E-state index in [4.69, 9.17) is 4.74 Å². The van der Waals surface area contributed by atoms with Gasteiger partial charge in [0.2, 0.25) is 5.91 Å². The van der Waals surface area contributed by atoms with Crippen LogP contribution in [0.2, 0.25) is 0 Å². The van der Waals surface area contributed by atoms with Crippen molar-refractivity contribution in [3.05, 3.63) is 47.8 Å². The van der Waals surface area contributed by atoms with E-state index in [1.54, 1.807) is 18.1 Å². The second-order valence-electron chi connectivity index (χ2n) is 8.27. The zero-order valence-electron chi connectivity index (χ0n) is 17.5. The number of amides is 2. The van der Waals surface area contributed by atoms with Crippen molar-refractivity contribution in [3.63, 3.8) is 0 Å². The van der Waals surface area contributed by atoms with Gasteiger partial charge in [-0.2, -0.15) is 5.10 Å². The molecule has 2 fully saturated rings. The van der Waals surface area contributed by atoms with Crippen molar-refractivity contribution >= 4 is 17.5 Å². The van der Waals surface area contributed by atoms with Crippen molar-refractivity contribution in [1.29, 1.82) is 0 Å². The van der Waals surface area contributed by atoms with Gasteiger partial charge in [0.05, 0.1) is 30.0 Å². The van der Waals surface area contributed by atoms with Crippen LogP contribution in [0.1, 0.15) is 60.5 Å². The van der Waals surface area contributed by atoms with Crippen LogP contribution in [0.25, 0.3) is 0 Å². The van der Waals surface area contributed by atoms with Gasteiger partial charge in [0.25, 0.3) is 5.91 Å². The Balaban J connectivity index is 1.43. The molecule has 2 aliphatic heterocycles. The quantitative estimate of drug-likeness (QED) is 0.820. The van der Waals surface area contributed by atoms with E-state index in [1.807, 2.05) is 35.2 Å². The zero-order valence-corrected chi connectivity index (χ0v) is 17.5. The number of rotatable bonds is 5. The molecule has 0 radical (unpaired) electrons. The molecule has 2 atom stereocenters. The van der Waals surface area contributed by atoms with Gasteiger partial charge in [0.15, 0.2) is 0 Å². The molecule has 2 aliphatic rings. The highest BCUT2D eigenvalue weighted by Gasteiger charge is 2.31. The lowest BCUT2D eigenvalue weighted by Crippen LogP contribution is -2.41. The molecular weight excluding hydrogens is 380 g/mol. The number of piperidine rings is 1. The van der Waals surface area contributed by atoms with Crippen molar-refractivity contribution in [2.45, 2.75) is 50.5 Å². The molecule has 1 aromatic carbocycles. The average molecular weight is 411 g/mol. The number of nitrogens with one attached hydrogen (secondary N) is 1. The highest BCUT2D eigenvalue weighted by Crippen LogP contribution is 2.30.